The van der Waals surface area contributed by atoms with E-state index in [9.17, 15) is 4.79 Å². The van der Waals surface area contributed by atoms with E-state index in [2.05, 4.69) is 4.98 Å². The third-order valence-corrected chi connectivity index (χ3v) is 5.10. The maximum atomic E-state index is 12.2. The first-order chi connectivity index (χ1) is 9.68. The largest absolute Gasteiger partial charge is 0.320 e. The predicted molar refractivity (Wildman–Crippen MR) is 82.1 cm³/mol. The number of nitrogens with one attached hydrogen (secondary N) is 1. The van der Waals surface area contributed by atoms with Crippen LogP contribution in [0.1, 0.15) is 10.9 Å². The molecule has 1 aromatic heterocycles. The molecule has 1 amide bonds. The van der Waals surface area contributed by atoms with Crippen molar-refractivity contribution in [2.75, 3.05) is 10.7 Å². The van der Waals surface area contributed by atoms with Gasteiger partial charge in [0.05, 0.1) is 16.2 Å². The molecule has 102 valence electrons. The van der Waals surface area contributed by atoms with Crippen molar-refractivity contribution in [3.8, 4) is 0 Å². The smallest absolute Gasteiger partial charge is 0.247 e. The van der Waals surface area contributed by atoms with Crippen LogP contribution < -0.4 is 9.88 Å². The number of thioether (sulfide) groups is 1. The first-order valence-electron chi connectivity index (χ1n) is 6.03. The van der Waals surface area contributed by atoms with E-state index in [4.69, 9.17) is 23.2 Å². The molecule has 1 aliphatic rings. The highest BCUT2D eigenvalue weighted by Crippen LogP contribution is 2.44. The second-order valence-corrected chi connectivity index (χ2v) is 6.17. The van der Waals surface area contributed by atoms with Crippen LogP contribution in [0.3, 0.4) is 0 Å². The third kappa shape index (κ3) is 2.39. The zero-order valence-electron chi connectivity index (χ0n) is 10.3. The highest BCUT2D eigenvalue weighted by atomic mass is 35.5. The minimum Gasteiger partial charge on any atom is -0.247 e. The third-order valence-electron chi connectivity index (χ3n) is 3.07. The molecule has 1 atom stereocenters. The summed E-state index contributed by atoms with van der Waals surface area (Å²) in [5, 5.41) is 0.843. The monoisotopic (exact) mass is 325 g/mol. The van der Waals surface area contributed by atoms with Gasteiger partial charge >= 0.3 is 5.91 Å². The summed E-state index contributed by atoms with van der Waals surface area (Å²) < 4.78 is 0. The maximum Gasteiger partial charge on any atom is 0.320 e. The molecule has 0 bridgehead atoms. The highest BCUT2D eigenvalue weighted by Gasteiger charge is 2.42. The molecule has 1 fully saturated rings. The minimum atomic E-state index is -0.160. The number of H-pyrrole nitrogens is 1. The molecule has 20 heavy (non-hydrogen) atoms. The number of aromatic nitrogens is 1. The second-order valence-electron chi connectivity index (χ2n) is 4.32. The molecule has 0 radical (unpaired) electrons. The summed E-state index contributed by atoms with van der Waals surface area (Å²) in [6.07, 6.45) is 1.79. The Morgan fingerprint density at radius 1 is 1.20 bits per heavy atom. The number of nitrogens with zero attached hydrogens (tertiary/aromatic N) is 1. The van der Waals surface area contributed by atoms with E-state index >= 15 is 0 Å². The molecule has 3 nitrogen and oxygen atoms in total. The summed E-state index contributed by atoms with van der Waals surface area (Å²) in [6, 6.07) is 11.1. The van der Waals surface area contributed by atoms with Crippen LogP contribution in [0.2, 0.25) is 10.0 Å². The number of hydrogen-bond donors (Lipinski definition) is 0. The molecule has 2 aromatic rings. The molecule has 0 spiro atoms. The van der Waals surface area contributed by atoms with Crippen molar-refractivity contribution in [2.45, 2.75) is 5.37 Å². The number of amides is 1. The fraction of sp³-hybridized carbons (Fsp3) is 0.143. The van der Waals surface area contributed by atoms with Gasteiger partial charge in [-0.3, -0.25) is 0 Å². The van der Waals surface area contributed by atoms with Gasteiger partial charge in [0, 0.05) is 11.6 Å². The number of hydrogen-bond acceptors (Lipinski definition) is 2. The van der Waals surface area contributed by atoms with Crippen LogP contribution in [0.25, 0.3) is 0 Å². The van der Waals surface area contributed by atoms with E-state index in [1.807, 2.05) is 30.3 Å². The summed E-state index contributed by atoms with van der Waals surface area (Å²) in [7, 11) is 0. The fourth-order valence-electron chi connectivity index (χ4n) is 2.16. The van der Waals surface area contributed by atoms with Crippen molar-refractivity contribution in [2.24, 2.45) is 0 Å². The quantitative estimate of drug-likeness (QED) is 0.845. The lowest BCUT2D eigenvalue weighted by Gasteiger charge is -2.17. The predicted octanol–water partition coefficient (Wildman–Crippen LogP) is 3.59. The van der Waals surface area contributed by atoms with Crippen LogP contribution in [0, 0.1) is 0 Å². The van der Waals surface area contributed by atoms with Crippen molar-refractivity contribution in [3.63, 3.8) is 0 Å². The molecule has 6 heteroatoms. The van der Waals surface area contributed by atoms with Crippen molar-refractivity contribution in [1.29, 1.82) is 0 Å². The van der Waals surface area contributed by atoms with E-state index in [-0.39, 0.29) is 11.3 Å². The topological polar surface area (TPSA) is 34.5 Å². The Hall–Kier alpha value is -1.23. The molecule has 1 aliphatic heterocycles. The van der Waals surface area contributed by atoms with Crippen molar-refractivity contribution in [1.82, 2.24) is 0 Å². The number of carbonyl (C=O) groups excluding carboxylic acids is 1. The van der Waals surface area contributed by atoms with Crippen LogP contribution >= 0.6 is 35.0 Å². The number of benzene rings is 1. The van der Waals surface area contributed by atoms with E-state index in [1.54, 1.807) is 28.9 Å². The standard InChI is InChI=1S/C14H10Cl2N2OS/c15-10-5-3-4-9(13(10)16)14-18(12(19)8-20-14)11-6-1-2-7-17-11/h1-7,14H,8H2/p+1. The van der Waals surface area contributed by atoms with E-state index in [0.29, 0.717) is 15.8 Å². The Bertz CT molecular complexity index is 651. The van der Waals surface area contributed by atoms with Gasteiger partial charge in [-0.05, 0) is 12.1 Å². The van der Waals surface area contributed by atoms with Gasteiger partial charge in [0.2, 0.25) is 0 Å². The average molecular weight is 326 g/mol. The molecule has 1 aromatic carbocycles. The van der Waals surface area contributed by atoms with Crippen LogP contribution in [0.15, 0.2) is 42.6 Å². The molecule has 1 N–H and O–H groups in total. The van der Waals surface area contributed by atoms with Gasteiger partial charge in [0.25, 0.3) is 5.82 Å². The first-order valence-corrected chi connectivity index (χ1v) is 7.83. The van der Waals surface area contributed by atoms with Gasteiger partial charge < -0.3 is 0 Å². The second kappa shape index (κ2) is 5.64. The number of aromatic amines is 1. The van der Waals surface area contributed by atoms with Gasteiger partial charge in [-0.2, -0.15) is 4.90 Å². The number of pyridine rings is 1. The molecule has 1 unspecified atom stereocenters. The molecule has 1 saturated heterocycles. The summed E-state index contributed by atoms with van der Waals surface area (Å²) in [6.45, 7) is 0. The Labute approximate surface area is 130 Å². The molecular weight excluding hydrogens is 315 g/mol. The van der Waals surface area contributed by atoms with Gasteiger partial charge in [-0.25, -0.2) is 9.78 Å². The number of carbonyl (C=O) groups is 1. The zero-order chi connectivity index (χ0) is 14.1. The van der Waals surface area contributed by atoms with Crippen molar-refractivity contribution < 1.29 is 9.78 Å². The van der Waals surface area contributed by atoms with Crippen LogP contribution in [0.5, 0.6) is 0 Å². The Morgan fingerprint density at radius 2 is 2.05 bits per heavy atom. The Kier molecular flexibility index (Phi) is 3.87. The Balaban J connectivity index is 2.04. The van der Waals surface area contributed by atoms with E-state index in [0.717, 1.165) is 11.4 Å². The molecular formula is C14H11Cl2N2OS+. The number of rotatable bonds is 2. The normalized spacial score (nSPS) is 18.6. The SMILES string of the molecule is O=C1CSC(c2cccc(Cl)c2Cl)N1c1cccc[nH+]1. The van der Waals surface area contributed by atoms with E-state index < -0.39 is 0 Å². The molecule has 0 saturated carbocycles. The molecule has 0 aliphatic carbocycles. The first kappa shape index (κ1) is 13.7. The zero-order valence-corrected chi connectivity index (χ0v) is 12.7. The lowest BCUT2D eigenvalue weighted by atomic mass is 10.2. The summed E-state index contributed by atoms with van der Waals surface area (Å²) in [5.41, 5.74) is 0.854. The van der Waals surface area contributed by atoms with Crippen LogP contribution in [0.4, 0.5) is 5.82 Å². The minimum absolute atomic E-state index is 0.0542. The van der Waals surface area contributed by atoms with Crippen molar-refractivity contribution >= 4 is 46.7 Å². The van der Waals surface area contributed by atoms with Crippen LogP contribution in [-0.2, 0) is 4.79 Å². The number of anilines is 1. The van der Waals surface area contributed by atoms with Crippen LogP contribution in [-0.4, -0.2) is 11.7 Å². The van der Waals surface area contributed by atoms with Gasteiger partial charge in [-0.1, -0.05) is 53.2 Å². The average Bonchev–Trinajstić information content (AvgIpc) is 2.84. The van der Waals surface area contributed by atoms with E-state index in [1.165, 1.54) is 0 Å². The summed E-state index contributed by atoms with van der Waals surface area (Å²) in [4.78, 5) is 17.0. The summed E-state index contributed by atoms with van der Waals surface area (Å²) >= 11 is 13.9. The molecule has 3 rings (SSSR count). The molecule has 2 heterocycles. The Morgan fingerprint density at radius 3 is 2.80 bits per heavy atom. The summed E-state index contributed by atoms with van der Waals surface area (Å²) in [5.74, 6) is 1.23. The lowest BCUT2D eigenvalue weighted by Crippen LogP contribution is -2.32. The van der Waals surface area contributed by atoms with Gasteiger partial charge in [-0.15, -0.1) is 0 Å². The maximum absolute atomic E-state index is 12.2. The highest BCUT2D eigenvalue weighted by molar-refractivity contribution is 8.00. The number of halogens is 2. The van der Waals surface area contributed by atoms with Crippen molar-refractivity contribution in [3.05, 3.63) is 58.2 Å². The van der Waals surface area contributed by atoms with Gasteiger partial charge in [0.1, 0.15) is 5.75 Å². The fourth-order valence-corrected chi connectivity index (χ4v) is 3.83. The van der Waals surface area contributed by atoms with Gasteiger partial charge in [0.15, 0.2) is 5.37 Å². The lowest BCUT2D eigenvalue weighted by molar-refractivity contribution is -0.363.